The first kappa shape index (κ1) is 30.4. The first-order valence-electron chi connectivity index (χ1n) is 13.4. The van der Waals surface area contributed by atoms with E-state index in [0.717, 1.165) is 11.3 Å². The zero-order chi connectivity index (χ0) is 30.5. The first-order valence-corrected chi connectivity index (χ1v) is 14.6. The third-order valence-corrected chi connectivity index (χ3v) is 7.99. The van der Waals surface area contributed by atoms with Crippen LogP contribution in [0.5, 0.6) is 5.75 Å². The van der Waals surface area contributed by atoms with Crippen LogP contribution in [0.1, 0.15) is 24.9 Å². The van der Waals surface area contributed by atoms with E-state index in [1.165, 1.54) is 0 Å². The van der Waals surface area contributed by atoms with E-state index in [9.17, 15) is 9.59 Å². The monoisotopic (exact) mass is 642 g/mol. The highest BCUT2D eigenvalue weighted by Gasteiger charge is 2.33. The second-order valence-corrected chi connectivity index (χ2v) is 11.1. The molecule has 2 aromatic heterocycles. The third kappa shape index (κ3) is 7.48. The average molecular weight is 644 g/mol. The van der Waals surface area contributed by atoms with Gasteiger partial charge in [-0.05, 0) is 42.8 Å². The number of amides is 3. The number of rotatable bonds is 8. The standard InChI is InChI=1S/C29H29Cl3N8O3/c1-18(19-3-6-22(43-2)7-4-19)34-27(41)14-21-16-38(29(42)35-20-5-8-23(30)24(31)13-20)11-12-40(21)26-15-25(32)36-28(37-26)39-10-9-33-17-39/h3-10,13,15,17-18,21H,11-12,14,16H2,1-2H3,(H,34,41)(H,35,42). The van der Waals surface area contributed by atoms with Crippen molar-refractivity contribution in [2.24, 2.45) is 0 Å². The molecule has 43 heavy (non-hydrogen) atoms. The first-order chi connectivity index (χ1) is 20.7. The van der Waals surface area contributed by atoms with Crippen molar-refractivity contribution in [2.45, 2.75) is 25.4 Å². The minimum Gasteiger partial charge on any atom is -0.497 e. The Morgan fingerprint density at radius 1 is 1.05 bits per heavy atom. The lowest BCUT2D eigenvalue weighted by Crippen LogP contribution is -2.57. The van der Waals surface area contributed by atoms with Gasteiger partial charge in [-0.25, -0.2) is 14.8 Å². The maximum absolute atomic E-state index is 13.4. The van der Waals surface area contributed by atoms with E-state index >= 15 is 0 Å². The van der Waals surface area contributed by atoms with Gasteiger partial charge in [0, 0.05) is 50.2 Å². The summed E-state index contributed by atoms with van der Waals surface area (Å²) >= 11 is 18.6. The number of hydrogen-bond acceptors (Lipinski definition) is 7. The Labute approximate surface area is 263 Å². The Morgan fingerprint density at radius 3 is 2.53 bits per heavy atom. The minimum absolute atomic E-state index is 0.0963. The summed E-state index contributed by atoms with van der Waals surface area (Å²) in [5, 5.41) is 6.90. The summed E-state index contributed by atoms with van der Waals surface area (Å²) in [6.45, 7) is 2.93. The van der Waals surface area contributed by atoms with Gasteiger partial charge >= 0.3 is 6.03 Å². The van der Waals surface area contributed by atoms with Crippen LogP contribution in [0.4, 0.5) is 16.3 Å². The number of urea groups is 1. The number of methoxy groups -OCH3 is 1. The molecule has 0 aliphatic carbocycles. The molecule has 2 atom stereocenters. The smallest absolute Gasteiger partial charge is 0.321 e. The molecule has 1 saturated heterocycles. The molecule has 1 aliphatic heterocycles. The third-order valence-electron chi connectivity index (χ3n) is 7.05. The van der Waals surface area contributed by atoms with E-state index in [2.05, 4.69) is 20.6 Å². The van der Waals surface area contributed by atoms with E-state index < -0.39 is 6.04 Å². The van der Waals surface area contributed by atoms with Crippen LogP contribution in [0.2, 0.25) is 15.2 Å². The van der Waals surface area contributed by atoms with Crippen LogP contribution in [-0.4, -0.2) is 69.1 Å². The van der Waals surface area contributed by atoms with Crippen LogP contribution >= 0.6 is 34.8 Å². The number of anilines is 2. The summed E-state index contributed by atoms with van der Waals surface area (Å²) < 4.78 is 6.88. The molecule has 2 N–H and O–H groups in total. The summed E-state index contributed by atoms with van der Waals surface area (Å²) in [4.78, 5) is 43.4. The van der Waals surface area contributed by atoms with Crippen molar-refractivity contribution in [3.05, 3.63) is 88.0 Å². The molecule has 1 aliphatic rings. The fourth-order valence-corrected chi connectivity index (χ4v) is 5.29. The van der Waals surface area contributed by atoms with Gasteiger partial charge in [-0.3, -0.25) is 9.36 Å². The molecule has 1 fully saturated rings. The van der Waals surface area contributed by atoms with Crippen LogP contribution in [0.3, 0.4) is 0 Å². The molecule has 0 bridgehead atoms. The van der Waals surface area contributed by atoms with Crippen molar-refractivity contribution in [1.29, 1.82) is 0 Å². The van der Waals surface area contributed by atoms with Crippen molar-refractivity contribution in [3.8, 4) is 11.7 Å². The van der Waals surface area contributed by atoms with E-state index in [4.69, 9.17) is 44.5 Å². The largest absolute Gasteiger partial charge is 0.497 e. The van der Waals surface area contributed by atoms with Gasteiger partial charge in [-0.1, -0.05) is 46.9 Å². The average Bonchev–Trinajstić information content (AvgIpc) is 3.54. The van der Waals surface area contributed by atoms with Gasteiger partial charge in [0.1, 0.15) is 23.0 Å². The molecule has 14 heteroatoms. The van der Waals surface area contributed by atoms with Crippen LogP contribution in [0.25, 0.3) is 5.95 Å². The number of hydrogen-bond donors (Lipinski definition) is 2. The number of carbonyl (C=O) groups is 2. The lowest BCUT2D eigenvalue weighted by atomic mass is 10.1. The Kier molecular flexibility index (Phi) is 9.54. The van der Waals surface area contributed by atoms with Crippen molar-refractivity contribution >= 4 is 58.2 Å². The minimum atomic E-state index is -0.419. The van der Waals surface area contributed by atoms with Gasteiger partial charge in [0.15, 0.2) is 0 Å². The predicted octanol–water partition coefficient (Wildman–Crippen LogP) is 5.62. The van der Waals surface area contributed by atoms with Gasteiger partial charge in [-0.2, -0.15) is 4.98 Å². The van der Waals surface area contributed by atoms with Crippen molar-refractivity contribution < 1.29 is 14.3 Å². The SMILES string of the molecule is COc1ccc(C(C)NC(=O)CC2CN(C(=O)Nc3ccc(Cl)c(Cl)c3)CCN2c2cc(Cl)nc(-n3ccnc3)n2)cc1. The fourth-order valence-electron chi connectivity index (χ4n) is 4.82. The van der Waals surface area contributed by atoms with E-state index in [1.807, 2.05) is 36.1 Å². The molecule has 0 saturated carbocycles. The highest BCUT2D eigenvalue weighted by atomic mass is 35.5. The van der Waals surface area contributed by atoms with Crippen LogP contribution in [-0.2, 0) is 4.79 Å². The molecule has 3 heterocycles. The fraction of sp³-hybridized carbons (Fsp3) is 0.276. The molecule has 5 rings (SSSR count). The van der Waals surface area contributed by atoms with Crippen molar-refractivity contribution in [1.82, 2.24) is 29.7 Å². The zero-order valence-corrected chi connectivity index (χ0v) is 25.6. The summed E-state index contributed by atoms with van der Waals surface area (Å²) in [5.41, 5.74) is 1.45. The normalized spacial score (nSPS) is 15.6. The summed E-state index contributed by atoms with van der Waals surface area (Å²) in [5.74, 6) is 1.43. The number of carbonyl (C=O) groups excluding carboxylic acids is 2. The quantitative estimate of drug-likeness (QED) is 0.239. The molecule has 224 valence electrons. The predicted molar refractivity (Wildman–Crippen MR) is 167 cm³/mol. The maximum Gasteiger partial charge on any atom is 0.321 e. The molecular formula is C29H29Cl3N8O3. The van der Waals surface area contributed by atoms with Gasteiger partial charge < -0.3 is 25.2 Å². The Hall–Kier alpha value is -4.06. The van der Waals surface area contributed by atoms with Crippen LogP contribution in [0.15, 0.2) is 67.3 Å². The highest BCUT2D eigenvalue weighted by molar-refractivity contribution is 6.42. The van der Waals surface area contributed by atoms with E-state index in [1.54, 1.807) is 59.6 Å². The number of nitrogens with zero attached hydrogens (tertiary/aromatic N) is 6. The molecule has 11 nitrogen and oxygen atoms in total. The van der Waals surface area contributed by atoms with Gasteiger partial charge in [0.05, 0.1) is 29.2 Å². The molecule has 0 radical (unpaired) electrons. The van der Waals surface area contributed by atoms with Crippen molar-refractivity contribution in [2.75, 3.05) is 37.0 Å². The van der Waals surface area contributed by atoms with Gasteiger partial charge in [0.2, 0.25) is 11.9 Å². The number of nitrogens with one attached hydrogen (secondary N) is 2. The topological polar surface area (TPSA) is 118 Å². The molecular weight excluding hydrogens is 615 g/mol. The van der Waals surface area contributed by atoms with Crippen molar-refractivity contribution in [3.63, 3.8) is 0 Å². The second kappa shape index (κ2) is 13.5. The Bertz CT molecular complexity index is 1590. The lowest BCUT2D eigenvalue weighted by molar-refractivity contribution is -0.122. The zero-order valence-electron chi connectivity index (χ0n) is 23.4. The second-order valence-electron chi connectivity index (χ2n) is 9.94. The summed E-state index contributed by atoms with van der Waals surface area (Å²) in [6.07, 6.45) is 5.00. The number of halogens is 3. The van der Waals surface area contributed by atoms with E-state index in [-0.39, 0.29) is 36.1 Å². The Balaban J connectivity index is 1.36. The van der Waals surface area contributed by atoms with Gasteiger partial charge in [0.25, 0.3) is 0 Å². The summed E-state index contributed by atoms with van der Waals surface area (Å²) in [7, 11) is 1.60. The number of imidazole rings is 1. The lowest BCUT2D eigenvalue weighted by Gasteiger charge is -2.42. The number of piperazine rings is 1. The molecule has 2 aromatic carbocycles. The molecule has 2 unspecified atom stereocenters. The molecule has 3 amide bonds. The van der Waals surface area contributed by atoms with Gasteiger partial charge in [-0.15, -0.1) is 0 Å². The van der Waals surface area contributed by atoms with Crippen LogP contribution < -0.4 is 20.3 Å². The Morgan fingerprint density at radius 2 is 1.84 bits per heavy atom. The number of aromatic nitrogens is 4. The summed E-state index contributed by atoms with van der Waals surface area (Å²) in [6, 6.07) is 13.1. The number of ether oxygens (including phenoxy) is 1. The molecule has 4 aromatic rings. The van der Waals surface area contributed by atoms with E-state index in [0.29, 0.717) is 40.6 Å². The highest BCUT2D eigenvalue weighted by Crippen LogP contribution is 2.27. The number of benzene rings is 2. The van der Waals surface area contributed by atoms with Crippen LogP contribution in [0, 0.1) is 0 Å². The maximum atomic E-state index is 13.4. The molecule has 0 spiro atoms.